The number of hydrogen-bond donors (Lipinski definition) is 0. The molecule has 0 bridgehead atoms. The molecule has 0 spiro atoms. The molecule has 22 heavy (non-hydrogen) atoms. The van der Waals surface area contributed by atoms with Crippen molar-refractivity contribution < 1.29 is 31.1 Å². The van der Waals surface area contributed by atoms with E-state index < -0.39 is 0 Å². The van der Waals surface area contributed by atoms with E-state index in [0.717, 1.165) is 30.8 Å². The molecule has 0 N–H and O–H groups in total. The van der Waals surface area contributed by atoms with Crippen molar-refractivity contribution in [1.82, 2.24) is 9.47 Å². The van der Waals surface area contributed by atoms with Crippen LogP contribution >= 0.6 is 11.3 Å². The molecule has 5 nitrogen and oxygen atoms in total. The van der Waals surface area contributed by atoms with Gasteiger partial charge in [-0.05, 0) is 24.3 Å². The van der Waals surface area contributed by atoms with Gasteiger partial charge in [0, 0.05) is 13.1 Å². The number of aromatic nitrogens is 2. The lowest BCUT2D eigenvalue weighted by Crippen LogP contribution is -3.00. The number of Topliss-reactive ketones (excluding diaryl/α,β-unsaturated/α-hetero) is 1. The SMILES string of the molecule is O=C(C[n+]1ccn(CC(=O)N2CCCC2)c1)c1cccs1.[Br-]. The number of amides is 1. The first-order chi connectivity index (χ1) is 10.2. The van der Waals surface area contributed by atoms with Crippen LogP contribution in [0.3, 0.4) is 0 Å². The van der Waals surface area contributed by atoms with Crippen LogP contribution in [0.1, 0.15) is 22.5 Å². The molecular weight excluding hydrogens is 366 g/mol. The average molecular weight is 384 g/mol. The molecule has 2 aromatic rings. The van der Waals surface area contributed by atoms with Gasteiger partial charge in [0.05, 0.1) is 4.88 Å². The van der Waals surface area contributed by atoms with Gasteiger partial charge in [0.15, 0.2) is 13.1 Å². The summed E-state index contributed by atoms with van der Waals surface area (Å²) in [5, 5.41) is 1.90. The molecule has 3 rings (SSSR count). The molecule has 0 unspecified atom stereocenters. The van der Waals surface area contributed by atoms with Crippen LogP contribution in [-0.4, -0.2) is 34.2 Å². The van der Waals surface area contributed by atoms with Gasteiger partial charge < -0.3 is 21.9 Å². The van der Waals surface area contributed by atoms with Crippen molar-refractivity contribution in [3.63, 3.8) is 0 Å². The molecule has 2 aromatic heterocycles. The zero-order valence-electron chi connectivity index (χ0n) is 12.2. The van der Waals surface area contributed by atoms with Gasteiger partial charge in [0.25, 0.3) is 5.91 Å². The van der Waals surface area contributed by atoms with E-state index in [9.17, 15) is 9.59 Å². The summed E-state index contributed by atoms with van der Waals surface area (Å²) in [7, 11) is 0. The standard InChI is InChI=1S/C15H18N3O2S.BrH/c19-13(14-4-3-9-21-14)10-16-7-8-17(12-16)11-15(20)18-5-1-2-6-18;/h3-4,7-9,12H,1-2,5-6,10-11H2;1H/q+1;/p-1. The maximum absolute atomic E-state index is 12.1. The van der Waals surface area contributed by atoms with Gasteiger partial charge in [-0.3, -0.25) is 9.59 Å². The topological polar surface area (TPSA) is 46.2 Å². The molecule has 1 aliphatic rings. The summed E-state index contributed by atoms with van der Waals surface area (Å²) >= 11 is 1.45. The van der Waals surface area contributed by atoms with Crippen LogP contribution in [0.2, 0.25) is 0 Å². The first kappa shape index (κ1) is 16.9. The fourth-order valence-electron chi connectivity index (χ4n) is 2.53. The first-order valence-electron chi connectivity index (χ1n) is 7.12. The Balaban J connectivity index is 0.00000176. The predicted octanol–water partition coefficient (Wildman–Crippen LogP) is -1.65. The Morgan fingerprint density at radius 3 is 2.73 bits per heavy atom. The molecule has 7 heteroatoms. The van der Waals surface area contributed by atoms with E-state index in [1.807, 2.05) is 50.3 Å². The van der Waals surface area contributed by atoms with Crippen LogP contribution < -0.4 is 21.5 Å². The van der Waals surface area contributed by atoms with Gasteiger partial charge in [0.2, 0.25) is 12.1 Å². The third-order valence-electron chi connectivity index (χ3n) is 3.65. The summed E-state index contributed by atoms with van der Waals surface area (Å²) in [5.41, 5.74) is 0. The Bertz CT molecular complexity index is 633. The normalized spacial score (nSPS) is 13.9. The Labute approximate surface area is 143 Å². The number of ketones is 1. The van der Waals surface area contributed by atoms with E-state index in [1.165, 1.54) is 11.3 Å². The van der Waals surface area contributed by atoms with Crippen LogP contribution in [0.4, 0.5) is 0 Å². The Morgan fingerprint density at radius 2 is 2.05 bits per heavy atom. The van der Waals surface area contributed by atoms with E-state index in [1.54, 1.807) is 0 Å². The summed E-state index contributed by atoms with van der Waals surface area (Å²) in [5.74, 6) is 0.249. The van der Waals surface area contributed by atoms with E-state index >= 15 is 0 Å². The fourth-order valence-corrected chi connectivity index (χ4v) is 3.19. The van der Waals surface area contributed by atoms with Gasteiger partial charge in [-0.1, -0.05) is 6.07 Å². The highest BCUT2D eigenvalue weighted by molar-refractivity contribution is 7.12. The summed E-state index contributed by atoms with van der Waals surface area (Å²) in [6, 6.07) is 3.71. The number of likely N-dealkylation sites (tertiary alicyclic amines) is 1. The van der Waals surface area contributed by atoms with E-state index in [-0.39, 0.29) is 28.7 Å². The highest BCUT2D eigenvalue weighted by Gasteiger charge is 2.20. The van der Waals surface area contributed by atoms with Crippen LogP contribution in [0.5, 0.6) is 0 Å². The lowest BCUT2D eigenvalue weighted by Gasteiger charge is -2.13. The van der Waals surface area contributed by atoms with Crippen LogP contribution in [0.25, 0.3) is 0 Å². The fraction of sp³-hybridized carbons (Fsp3) is 0.400. The Morgan fingerprint density at radius 1 is 1.27 bits per heavy atom. The van der Waals surface area contributed by atoms with Crippen LogP contribution in [0.15, 0.2) is 36.2 Å². The Kier molecular flexibility index (Phi) is 5.90. The number of carbonyl (C=O) groups is 2. The number of carbonyl (C=O) groups excluding carboxylic acids is 2. The lowest BCUT2D eigenvalue weighted by molar-refractivity contribution is -0.682. The summed E-state index contributed by atoms with van der Waals surface area (Å²) in [4.78, 5) is 26.8. The first-order valence-corrected chi connectivity index (χ1v) is 7.99. The average Bonchev–Trinajstić information content (AvgIpc) is 3.22. The molecule has 1 fully saturated rings. The second kappa shape index (κ2) is 7.69. The molecule has 0 saturated carbocycles. The molecule has 1 aliphatic heterocycles. The third kappa shape index (κ3) is 4.04. The summed E-state index contributed by atoms with van der Waals surface area (Å²) in [6.45, 7) is 2.40. The minimum absolute atomic E-state index is 0. The van der Waals surface area contributed by atoms with Gasteiger partial charge in [-0.15, -0.1) is 11.3 Å². The quantitative estimate of drug-likeness (QED) is 0.458. The van der Waals surface area contributed by atoms with Crippen molar-refractivity contribution >= 4 is 23.0 Å². The number of imidazole rings is 1. The van der Waals surface area contributed by atoms with E-state index in [2.05, 4.69) is 0 Å². The molecular formula is C15H18BrN3O2S. The molecule has 118 valence electrons. The largest absolute Gasteiger partial charge is 1.00 e. The minimum atomic E-state index is 0. The zero-order chi connectivity index (χ0) is 14.7. The summed E-state index contributed by atoms with van der Waals surface area (Å²) in [6.07, 6.45) is 7.71. The highest BCUT2D eigenvalue weighted by Crippen LogP contribution is 2.09. The zero-order valence-corrected chi connectivity index (χ0v) is 14.6. The third-order valence-corrected chi connectivity index (χ3v) is 4.56. The van der Waals surface area contributed by atoms with Crippen molar-refractivity contribution in [1.29, 1.82) is 0 Å². The minimum Gasteiger partial charge on any atom is -1.00 e. The van der Waals surface area contributed by atoms with Gasteiger partial charge in [-0.2, -0.15) is 0 Å². The Hall–Kier alpha value is -1.47. The number of rotatable bonds is 5. The molecule has 1 amide bonds. The number of nitrogens with zero attached hydrogens (tertiary/aromatic N) is 3. The number of hydrogen-bond acceptors (Lipinski definition) is 3. The maximum atomic E-state index is 12.1. The smallest absolute Gasteiger partial charge is 0.264 e. The molecule has 0 radical (unpaired) electrons. The molecule has 0 aromatic carbocycles. The molecule has 0 atom stereocenters. The van der Waals surface area contributed by atoms with Gasteiger partial charge in [-0.25, -0.2) is 9.13 Å². The van der Waals surface area contributed by atoms with E-state index in [4.69, 9.17) is 0 Å². The summed E-state index contributed by atoms with van der Waals surface area (Å²) < 4.78 is 3.65. The molecule has 1 saturated heterocycles. The molecule has 0 aliphatic carbocycles. The lowest BCUT2D eigenvalue weighted by atomic mass is 10.3. The van der Waals surface area contributed by atoms with Crippen LogP contribution in [0, 0.1) is 0 Å². The van der Waals surface area contributed by atoms with Crippen molar-refractivity contribution in [2.45, 2.75) is 25.9 Å². The second-order valence-electron chi connectivity index (χ2n) is 5.25. The van der Waals surface area contributed by atoms with Crippen LogP contribution in [-0.2, 0) is 17.9 Å². The van der Waals surface area contributed by atoms with E-state index in [0.29, 0.717) is 13.1 Å². The van der Waals surface area contributed by atoms with Crippen molar-refractivity contribution in [2.24, 2.45) is 0 Å². The monoisotopic (exact) mass is 383 g/mol. The highest BCUT2D eigenvalue weighted by atomic mass is 79.9. The second-order valence-corrected chi connectivity index (χ2v) is 6.19. The number of thiophene rings is 1. The predicted molar refractivity (Wildman–Crippen MR) is 79.1 cm³/mol. The number of halogens is 1. The van der Waals surface area contributed by atoms with Gasteiger partial charge >= 0.3 is 0 Å². The van der Waals surface area contributed by atoms with Crippen molar-refractivity contribution in [3.8, 4) is 0 Å². The van der Waals surface area contributed by atoms with Crippen molar-refractivity contribution in [2.75, 3.05) is 13.1 Å². The molecule has 3 heterocycles. The van der Waals surface area contributed by atoms with Gasteiger partial charge in [0.1, 0.15) is 12.4 Å². The maximum Gasteiger partial charge on any atom is 0.264 e. The van der Waals surface area contributed by atoms with Crippen molar-refractivity contribution in [3.05, 3.63) is 41.1 Å².